The molecule has 0 saturated carbocycles. The van der Waals surface area contributed by atoms with Gasteiger partial charge in [0.05, 0.1) is 6.61 Å². The molecule has 0 heterocycles. The molecule has 0 unspecified atom stereocenters. The molecule has 0 saturated heterocycles. The van der Waals surface area contributed by atoms with Gasteiger partial charge in [-0.15, -0.1) is 0 Å². The summed E-state index contributed by atoms with van der Waals surface area (Å²) in [5, 5.41) is 0. The number of hydrazine groups is 1. The standard InChI is InChI=1S/C4H10N2O4S/c1-4(7)6-5-2-3-10-11(8)9/h5,11H,2-3H2,1H3,(H,6,7). The van der Waals surface area contributed by atoms with Crippen molar-refractivity contribution in [2.75, 3.05) is 13.2 Å². The largest absolute Gasteiger partial charge is 0.292 e. The molecule has 0 aliphatic rings. The number of carbonyl (C=O) groups excluding carboxylic acids is 1. The van der Waals surface area contributed by atoms with Gasteiger partial charge in [0.15, 0.2) is 0 Å². The summed E-state index contributed by atoms with van der Waals surface area (Å²) in [6, 6.07) is 0. The van der Waals surface area contributed by atoms with Gasteiger partial charge in [-0.3, -0.25) is 14.4 Å². The maximum absolute atomic E-state index is 10.2. The van der Waals surface area contributed by atoms with Gasteiger partial charge in [0.2, 0.25) is 5.91 Å². The van der Waals surface area contributed by atoms with Gasteiger partial charge in [0.25, 0.3) is 11.0 Å². The summed E-state index contributed by atoms with van der Waals surface area (Å²) in [7, 11) is -2.79. The van der Waals surface area contributed by atoms with Crippen molar-refractivity contribution in [1.29, 1.82) is 0 Å². The van der Waals surface area contributed by atoms with Crippen LogP contribution in [0.2, 0.25) is 0 Å². The van der Waals surface area contributed by atoms with Crippen molar-refractivity contribution < 1.29 is 17.4 Å². The Morgan fingerprint density at radius 3 is 2.64 bits per heavy atom. The summed E-state index contributed by atoms with van der Waals surface area (Å²) < 4.78 is 23.8. The van der Waals surface area contributed by atoms with Gasteiger partial charge in [-0.25, -0.2) is 13.8 Å². The van der Waals surface area contributed by atoms with Crippen molar-refractivity contribution >= 4 is 16.9 Å². The van der Waals surface area contributed by atoms with Gasteiger partial charge in [0.1, 0.15) is 0 Å². The molecule has 7 heteroatoms. The molecule has 0 fully saturated rings. The highest BCUT2D eigenvalue weighted by atomic mass is 32.2. The summed E-state index contributed by atoms with van der Waals surface area (Å²) in [6.07, 6.45) is 0. The Balaban J connectivity index is 3.09. The Bertz CT molecular complexity index is 183. The lowest BCUT2D eigenvalue weighted by Crippen LogP contribution is -2.37. The predicted molar refractivity (Wildman–Crippen MR) is 38.1 cm³/mol. The summed E-state index contributed by atoms with van der Waals surface area (Å²) >= 11 is 0. The van der Waals surface area contributed by atoms with E-state index in [0.717, 1.165) is 0 Å². The second-order valence-electron chi connectivity index (χ2n) is 1.66. The van der Waals surface area contributed by atoms with Crippen LogP contribution in [0, 0.1) is 0 Å². The summed E-state index contributed by atoms with van der Waals surface area (Å²) in [5.74, 6) is -0.239. The molecule has 0 atom stereocenters. The maximum atomic E-state index is 10.2. The van der Waals surface area contributed by atoms with Crippen LogP contribution in [0.25, 0.3) is 0 Å². The molecule has 0 aliphatic heterocycles. The average Bonchev–Trinajstić information content (AvgIpc) is 1.85. The Hall–Kier alpha value is -0.660. The fraction of sp³-hybridized carbons (Fsp3) is 0.750. The summed E-state index contributed by atoms with van der Waals surface area (Å²) in [4.78, 5) is 10.2. The second-order valence-corrected chi connectivity index (χ2v) is 2.37. The molecule has 11 heavy (non-hydrogen) atoms. The van der Waals surface area contributed by atoms with E-state index in [1.165, 1.54) is 6.92 Å². The molecule has 0 aliphatic carbocycles. The SMILES string of the molecule is CC(=O)NNCCO[SH](=O)=O. The fourth-order valence-electron chi connectivity index (χ4n) is 0.358. The minimum absolute atomic E-state index is 0.0129. The van der Waals surface area contributed by atoms with E-state index >= 15 is 0 Å². The van der Waals surface area contributed by atoms with Crippen molar-refractivity contribution in [1.82, 2.24) is 10.9 Å². The van der Waals surface area contributed by atoms with Crippen LogP contribution >= 0.6 is 0 Å². The smallest absolute Gasteiger partial charge is 0.257 e. The molecule has 1 amide bonds. The Morgan fingerprint density at radius 1 is 1.55 bits per heavy atom. The number of nitrogens with one attached hydrogen (secondary N) is 2. The highest BCUT2D eigenvalue weighted by Gasteiger charge is 1.89. The van der Waals surface area contributed by atoms with Crippen molar-refractivity contribution in [3.63, 3.8) is 0 Å². The third kappa shape index (κ3) is 9.34. The number of thiol groups is 1. The molecule has 2 N–H and O–H groups in total. The van der Waals surface area contributed by atoms with Crippen LogP contribution in [-0.4, -0.2) is 27.5 Å². The maximum Gasteiger partial charge on any atom is 0.257 e. The van der Waals surface area contributed by atoms with E-state index < -0.39 is 11.0 Å². The molecule has 0 bridgehead atoms. The minimum Gasteiger partial charge on any atom is -0.292 e. The Morgan fingerprint density at radius 2 is 2.18 bits per heavy atom. The lowest BCUT2D eigenvalue weighted by atomic mass is 10.7. The molecule has 66 valence electrons. The average molecular weight is 182 g/mol. The lowest BCUT2D eigenvalue weighted by Gasteiger charge is -2.01. The van der Waals surface area contributed by atoms with E-state index in [1.54, 1.807) is 0 Å². The van der Waals surface area contributed by atoms with Gasteiger partial charge in [-0.2, -0.15) is 0 Å². The lowest BCUT2D eigenvalue weighted by molar-refractivity contribution is -0.119. The normalized spacial score (nSPS) is 10.0. The van der Waals surface area contributed by atoms with Crippen LogP contribution in [0.5, 0.6) is 0 Å². The van der Waals surface area contributed by atoms with E-state index in [9.17, 15) is 13.2 Å². The van der Waals surface area contributed by atoms with Gasteiger partial charge >= 0.3 is 0 Å². The number of carbonyl (C=O) groups is 1. The second kappa shape index (κ2) is 6.08. The zero-order valence-corrected chi connectivity index (χ0v) is 6.89. The van der Waals surface area contributed by atoms with E-state index in [2.05, 4.69) is 15.0 Å². The third-order valence-electron chi connectivity index (χ3n) is 0.688. The molecule has 6 nitrogen and oxygen atoms in total. The van der Waals surface area contributed by atoms with Crippen molar-refractivity contribution in [2.24, 2.45) is 0 Å². The first kappa shape index (κ1) is 10.3. The van der Waals surface area contributed by atoms with Crippen LogP contribution in [-0.2, 0) is 20.0 Å². The van der Waals surface area contributed by atoms with Gasteiger partial charge in [0, 0.05) is 13.5 Å². The topological polar surface area (TPSA) is 84.5 Å². The molecule has 0 aromatic heterocycles. The predicted octanol–water partition coefficient (Wildman–Crippen LogP) is -1.83. The first-order valence-corrected chi connectivity index (χ1v) is 3.99. The van der Waals surface area contributed by atoms with Crippen LogP contribution in [0.4, 0.5) is 0 Å². The first-order valence-electron chi connectivity index (χ1n) is 2.89. The molecule has 0 radical (unpaired) electrons. The zero-order valence-electron chi connectivity index (χ0n) is 5.99. The molecule has 0 aromatic rings. The van der Waals surface area contributed by atoms with Crippen molar-refractivity contribution in [3.05, 3.63) is 0 Å². The fourth-order valence-corrected chi connectivity index (χ4v) is 0.599. The van der Waals surface area contributed by atoms with Crippen LogP contribution in [0.3, 0.4) is 0 Å². The molecular formula is C4H10N2O4S. The molecule has 0 spiro atoms. The van der Waals surface area contributed by atoms with Crippen LogP contribution < -0.4 is 10.9 Å². The van der Waals surface area contributed by atoms with E-state index in [-0.39, 0.29) is 19.1 Å². The third-order valence-corrected chi connectivity index (χ3v) is 1.08. The van der Waals surface area contributed by atoms with Crippen molar-refractivity contribution in [2.45, 2.75) is 6.92 Å². The monoisotopic (exact) mass is 182 g/mol. The molecule has 0 rings (SSSR count). The first-order chi connectivity index (χ1) is 5.13. The highest BCUT2D eigenvalue weighted by Crippen LogP contribution is 1.68. The van der Waals surface area contributed by atoms with E-state index in [1.807, 2.05) is 0 Å². The van der Waals surface area contributed by atoms with Gasteiger partial charge in [-0.1, -0.05) is 0 Å². The van der Waals surface area contributed by atoms with Crippen molar-refractivity contribution in [3.8, 4) is 0 Å². The number of hydrogen-bond donors (Lipinski definition) is 3. The molecule has 0 aromatic carbocycles. The number of rotatable bonds is 5. The number of amides is 1. The zero-order chi connectivity index (χ0) is 8.69. The molecular weight excluding hydrogens is 172 g/mol. The van der Waals surface area contributed by atoms with E-state index in [0.29, 0.717) is 0 Å². The quantitative estimate of drug-likeness (QED) is 0.264. The summed E-state index contributed by atoms with van der Waals surface area (Å²) in [5.41, 5.74) is 4.70. The highest BCUT2D eigenvalue weighted by molar-refractivity contribution is 7.67. The number of hydrogen-bond acceptors (Lipinski definition) is 5. The van der Waals surface area contributed by atoms with Gasteiger partial charge < -0.3 is 0 Å². The van der Waals surface area contributed by atoms with Crippen LogP contribution in [0.15, 0.2) is 0 Å². The van der Waals surface area contributed by atoms with E-state index in [4.69, 9.17) is 0 Å². The Labute approximate surface area is 66.0 Å². The minimum atomic E-state index is -2.79. The van der Waals surface area contributed by atoms with Gasteiger partial charge in [-0.05, 0) is 0 Å². The summed E-state index contributed by atoms with van der Waals surface area (Å²) in [6.45, 7) is 1.60. The van der Waals surface area contributed by atoms with Crippen LogP contribution in [0.1, 0.15) is 6.92 Å². The Kier molecular flexibility index (Phi) is 5.71.